The van der Waals surface area contributed by atoms with Crippen LogP contribution in [0.2, 0.25) is 0 Å². The monoisotopic (exact) mass is 268 g/mol. The summed E-state index contributed by atoms with van der Waals surface area (Å²) in [5, 5.41) is 7.80. The summed E-state index contributed by atoms with van der Waals surface area (Å²) in [5.74, 6) is 1.21. The second kappa shape index (κ2) is 7.50. The molecule has 0 saturated carbocycles. The van der Waals surface area contributed by atoms with Crippen LogP contribution < -0.4 is 10.2 Å². The third-order valence-corrected chi connectivity index (χ3v) is 3.60. The number of hydrogen-bond acceptors (Lipinski definition) is 4. The Labute approximate surface area is 116 Å². The molecule has 0 aromatic carbocycles. The Bertz CT molecular complexity index is 389. The molecule has 1 aromatic rings. The first-order chi connectivity index (χ1) is 9.06. The smallest absolute Gasteiger partial charge is 0.131 e. The van der Waals surface area contributed by atoms with E-state index in [1.54, 1.807) is 7.11 Å². The summed E-state index contributed by atoms with van der Waals surface area (Å²) in [6.07, 6.45) is 1.10. The molecule has 5 heteroatoms. The molecule has 1 heterocycles. The minimum Gasteiger partial charge on any atom is -0.383 e. The molecule has 0 fully saturated rings. The predicted molar refractivity (Wildman–Crippen MR) is 79.7 cm³/mol. The fraction of sp³-hybridized carbons (Fsp3) is 0.786. The van der Waals surface area contributed by atoms with E-state index in [9.17, 15) is 0 Å². The molecule has 5 nitrogen and oxygen atoms in total. The van der Waals surface area contributed by atoms with Gasteiger partial charge in [0.25, 0.3) is 0 Å². The topological polar surface area (TPSA) is 42.3 Å². The van der Waals surface area contributed by atoms with Gasteiger partial charge < -0.3 is 15.0 Å². The van der Waals surface area contributed by atoms with Gasteiger partial charge in [0, 0.05) is 38.9 Å². The lowest BCUT2D eigenvalue weighted by molar-refractivity contribution is 0.203. The van der Waals surface area contributed by atoms with E-state index >= 15 is 0 Å². The van der Waals surface area contributed by atoms with E-state index in [4.69, 9.17) is 4.74 Å². The van der Waals surface area contributed by atoms with Crippen LogP contribution in [0, 0.1) is 6.92 Å². The number of aromatic nitrogens is 2. The van der Waals surface area contributed by atoms with E-state index in [-0.39, 0.29) is 0 Å². The average molecular weight is 268 g/mol. The lowest BCUT2D eigenvalue weighted by Crippen LogP contribution is -2.37. The van der Waals surface area contributed by atoms with Crippen molar-refractivity contribution in [1.82, 2.24) is 15.1 Å². The third kappa shape index (κ3) is 3.70. The van der Waals surface area contributed by atoms with Crippen molar-refractivity contribution in [3.8, 4) is 0 Å². The van der Waals surface area contributed by atoms with Gasteiger partial charge in [-0.2, -0.15) is 5.10 Å². The predicted octanol–water partition coefficient (Wildman–Crippen LogP) is 1.70. The SMILES string of the molecule is CCC(C)N(CCOC)c1c(CNC)c(C)nn1C. The van der Waals surface area contributed by atoms with Crippen LogP contribution in [0.1, 0.15) is 31.5 Å². The number of nitrogens with one attached hydrogen (secondary N) is 1. The maximum Gasteiger partial charge on any atom is 0.131 e. The maximum atomic E-state index is 5.25. The molecule has 19 heavy (non-hydrogen) atoms. The summed E-state index contributed by atoms with van der Waals surface area (Å²) < 4.78 is 7.24. The van der Waals surface area contributed by atoms with Crippen LogP contribution in [-0.2, 0) is 18.3 Å². The zero-order chi connectivity index (χ0) is 14.4. The van der Waals surface area contributed by atoms with Crippen molar-refractivity contribution in [2.75, 3.05) is 32.2 Å². The summed E-state index contributed by atoms with van der Waals surface area (Å²) in [7, 11) is 5.74. The Morgan fingerprint density at radius 1 is 1.47 bits per heavy atom. The largest absolute Gasteiger partial charge is 0.383 e. The molecular formula is C14H28N4O. The summed E-state index contributed by atoms with van der Waals surface area (Å²) in [5.41, 5.74) is 2.37. The standard InChI is InChI=1S/C14H28N4O/c1-7-11(2)18(8-9-19-6)14-13(10-15-4)12(3)16-17(14)5/h11,15H,7-10H2,1-6H3. The van der Waals surface area contributed by atoms with Crippen LogP contribution in [0.5, 0.6) is 0 Å². The lowest BCUT2D eigenvalue weighted by Gasteiger charge is -2.31. The molecule has 0 aliphatic rings. The van der Waals surface area contributed by atoms with Gasteiger partial charge in [0.05, 0.1) is 12.3 Å². The van der Waals surface area contributed by atoms with Gasteiger partial charge >= 0.3 is 0 Å². The average Bonchev–Trinajstić information content (AvgIpc) is 2.66. The molecule has 0 saturated heterocycles. The minimum atomic E-state index is 0.473. The van der Waals surface area contributed by atoms with Gasteiger partial charge in [0.2, 0.25) is 0 Å². The van der Waals surface area contributed by atoms with Crippen molar-refractivity contribution in [2.24, 2.45) is 7.05 Å². The van der Waals surface area contributed by atoms with Gasteiger partial charge in [-0.15, -0.1) is 0 Å². The maximum absolute atomic E-state index is 5.25. The van der Waals surface area contributed by atoms with Crippen LogP contribution >= 0.6 is 0 Å². The molecule has 0 aliphatic heterocycles. The highest BCUT2D eigenvalue weighted by molar-refractivity contribution is 5.51. The second-order valence-corrected chi connectivity index (χ2v) is 4.98. The van der Waals surface area contributed by atoms with E-state index in [1.807, 2.05) is 18.8 Å². The zero-order valence-corrected chi connectivity index (χ0v) is 13.2. The Hall–Kier alpha value is -1.07. The van der Waals surface area contributed by atoms with Crippen LogP contribution in [0.15, 0.2) is 0 Å². The Kier molecular flexibility index (Phi) is 6.31. The number of nitrogens with zero attached hydrogens (tertiary/aromatic N) is 3. The van der Waals surface area contributed by atoms with Gasteiger partial charge in [-0.1, -0.05) is 6.92 Å². The van der Waals surface area contributed by atoms with E-state index in [0.717, 1.165) is 31.8 Å². The molecule has 110 valence electrons. The molecular weight excluding hydrogens is 240 g/mol. The first-order valence-electron chi connectivity index (χ1n) is 6.99. The van der Waals surface area contributed by atoms with Crippen molar-refractivity contribution in [1.29, 1.82) is 0 Å². The summed E-state index contributed by atoms with van der Waals surface area (Å²) >= 11 is 0. The van der Waals surface area contributed by atoms with E-state index in [2.05, 4.69) is 36.1 Å². The number of ether oxygens (including phenoxy) is 1. The second-order valence-electron chi connectivity index (χ2n) is 4.98. The normalized spacial score (nSPS) is 12.7. The highest BCUT2D eigenvalue weighted by Gasteiger charge is 2.22. The highest BCUT2D eigenvalue weighted by atomic mass is 16.5. The summed E-state index contributed by atoms with van der Waals surface area (Å²) in [6.45, 7) is 9.00. The highest BCUT2D eigenvalue weighted by Crippen LogP contribution is 2.25. The molecule has 0 radical (unpaired) electrons. The van der Waals surface area contributed by atoms with Crippen LogP contribution in [0.4, 0.5) is 5.82 Å². The van der Waals surface area contributed by atoms with Gasteiger partial charge in [0.1, 0.15) is 5.82 Å². The fourth-order valence-electron chi connectivity index (χ4n) is 2.38. The number of aryl methyl sites for hydroxylation is 2. The number of hydrogen-bond donors (Lipinski definition) is 1. The van der Waals surface area contributed by atoms with Gasteiger partial charge in [0.15, 0.2) is 0 Å². The van der Waals surface area contributed by atoms with Crippen molar-refractivity contribution in [3.05, 3.63) is 11.3 Å². The minimum absolute atomic E-state index is 0.473. The number of rotatable bonds is 8. The van der Waals surface area contributed by atoms with E-state index in [0.29, 0.717) is 6.04 Å². The molecule has 1 rings (SSSR count). The molecule has 0 amide bonds. The van der Waals surface area contributed by atoms with Crippen LogP contribution in [0.25, 0.3) is 0 Å². The first-order valence-corrected chi connectivity index (χ1v) is 6.99. The Balaban J connectivity index is 3.12. The van der Waals surface area contributed by atoms with Gasteiger partial charge in [-0.3, -0.25) is 4.68 Å². The third-order valence-electron chi connectivity index (χ3n) is 3.60. The quantitative estimate of drug-likeness (QED) is 0.779. The van der Waals surface area contributed by atoms with E-state index in [1.165, 1.54) is 11.4 Å². The Morgan fingerprint density at radius 3 is 2.68 bits per heavy atom. The number of anilines is 1. The first kappa shape index (κ1) is 16.0. The zero-order valence-electron chi connectivity index (χ0n) is 13.2. The van der Waals surface area contributed by atoms with Crippen LogP contribution in [-0.4, -0.2) is 43.1 Å². The molecule has 1 aromatic heterocycles. The number of methoxy groups -OCH3 is 1. The van der Waals surface area contributed by atoms with Gasteiger partial charge in [-0.05, 0) is 27.3 Å². The van der Waals surface area contributed by atoms with E-state index < -0.39 is 0 Å². The molecule has 1 N–H and O–H groups in total. The summed E-state index contributed by atoms with van der Waals surface area (Å²) in [4.78, 5) is 2.40. The van der Waals surface area contributed by atoms with Crippen LogP contribution in [0.3, 0.4) is 0 Å². The molecule has 1 atom stereocenters. The molecule has 1 unspecified atom stereocenters. The lowest BCUT2D eigenvalue weighted by atomic mass is 10.1. The van der Waals surface area contributed by atoms with Crippen molar-refractivity contribution in [3.63, 3.8) is 0 Å². The van der Waals surface area contributed by atoms with Gasteiger partial charge in [-0.25, -0.2) is 0 Å². The fourth-order valence-corrected chi connectivity index (χ4v) is 2.38. The molecule has 0 aliphatic carbocycles. The Morgan fingerprint density at radius 2 is 2.16 bits per heavy atom. The van der Waals surface area contributed by atoms with Crippen molar-refractivity contribution >= 4 is 5.82 Å². The molecule has 0 bridgehead atoms. The van der Waals surface area contributed by atoms with Crippen molar-refractivity contribution < 1.29 is 4.74 Å². The summed E-state index contributed by atoms with van der Waals surface area (Å²) in [6, 6.07) is 0.473. The van der Waals surface area contributed by atoms with Crippen molar-refractivity contribution in [2.45, 2.75) is 39.8 Å². The molecule has 0 spiro atoms.